The van der Waals surface area contributed by atoms with Crippen LogP contribution in [0.1, 0.15) is 38.5 Å². The Morgan fingerprint density at radius 3 is 2.25 bits per heavy atom. The summed E-state index contributed by atoms with van der Waals surface area (Å²) in [6.45, 7) is 0. The van der Waals surface area contributed by atoms with Gasteiger partial charge in [-0.25, -0.2) is 4.79 Å². The van der Waals surface area contributed by atoms with Gasteiger partial charge in [0.15, 0.2) is 4.67 Å². The van der Waals surface area contributed by atoms with Crippen molar-refractivity contribution in [3.05, 3.63) is 16.8 Å². The minimum absolute atomic E-state index is 0.0443. The Morgan fingerprint density at radius 2 is 1.75 bits per heavy atom. The second-order valence-corrected chi connectivity index (χ2v) is 7.66. The first-order valence-corrected chi connectivity index (χ1v) is 8.24. The predicted molar refractivity (Wildman–Crippen MR) is 79.5 cm³/mol. The van der Waals surface area contributed by atoms with Gasteiger partial charge in [0.05, 0.1) is 0 Å². The summed E-state index contributed by atoms with van der Waals surface area (Å²) in [7, 11) is 0. The quantitative estimate of drug-likeness (QED) is 0.851. The molecule has 0 aromatic carbocycles. The first-order valence-electron chi connectivity index (χ1n) is 7.45. The molecule has 0 spiro atoms. The van der Waals surface area contributed by atoms with Crippen molar-refractivity contribution in [1.29, 1.82) is 0 Å². The zero-order valence-electron chi connectivity index (χ0n) is 11.3. The average molecular weight is 339 g/mol. The minimum atomic E-state index is -0.131. The van der Waals surface area contributed by atoms with Gasteiger partial charge < -0.3 is 9.73 Å². The summed E-state index contributed by atoms with van der Waals surface area (Å²) in [4.78, 5) is 12.2. The normalized spacial score (nSPS) is 38.0. The third kappa shape index (κ3) is 2.26. The van der Waals surface area contributed by atoms with Crippen molar-refractivity contribution in [3.8, 4) is 0 Å². The number of halogens is 1. The molecule has 0 saturated heterocycles. The Bertz CT molecular complexity index is 504. The van der Waals surface area contributed by atoms with Gasteiger partial charge in [0, 0.05) is 11.6 Å². The van der Waals surface area contributed by atoms with Crippen LogP contribution in [0.4, 0.5) is 10.7 Å². The number of hydrogen-bond acceptors (Lipinski definition) is 2. The molecule has 5 heteroatoms. The summed E-state index contributed by atoms with van der Waals surface area (Å²) >= 11 is 3.24. The molecule has 0 aliphatic heterocycles. The van der Waals surface area contributed by atoms with Crippen LogP contribution in [-0.4, -0.2) is 11.6 Å². The molecule has 0 unspecified atom stereocenters. The van der Waals surface area contributed by atoms with E-state index in [1.54, 1.807) is 12.1 Å². The number of rotatable bonds is 2. The van der Waals surface area contributed by atoms with E-state index in [0.29, 0.717) is 10.6 Å². The van der Waals surface area contributed by atoms with Crippen molar-refractivity contribution in [2.45, 2.75) is 44.1 Å². The molecule has 4 aliphatic carbocycles. The first kappa shape index (κ1) is 12.7. The highest BCUT2D eigenvalue weighted by Gasteiger charge is 2.51. The molecule has 0 atom stereocenters. The summed E-state index contributed by atoms with van der Waals surface area (Å²) in [5, 5.41) is 6.05. The molecule has 1 heterocycles. The van der Waals surface area contributed by atoms with E-state index in [0.717, 1.165) is 37.0 Å². The zero-order valence-corrected chi connectivity index (χ0v) is 12.9. The number of furan rings is 1. The molecule has 5 rings (SSSR count). The van der Waals surface area contributed by atoms with Gasteiger partial charge in [-0.05, 0) is 78.3 Å². The Morgan fingerprint density at radius 1 is 1.15 bits per heavy atom. The van der Waals surface area contributed by atoms with Crippen molar-refractivity contribution < 1.29 is 9.21 Å². The number of hydrogen-bond donors (Lipinski definition) is 2. The monoisotopic (exact) mass is 338 g/mol. The lowest BCUT2D eigenvalue weighted by Crippen LogP contribution is -2.60. The third-order valence-electron chi connectivity index (χ3n) is 5.23. The topological polar surface area (TPSA) is 54.3 Å². The lowest BCUT2D eigenvalue weighted by Gasteiger charge is -2.56. The van der Waals surface area contributed by atoms with E-state index in [1.807, 2.05) is 0 Å². The Hall–Kier alpha value is -0.970. The summed E-state index contributed by atoms with van der Waals surface area (Å²) in [5.74, 6) is 2.98. The smallest absolute Gasteiger partial charge is 0.322 e. The Labute approximate surface area is 126 Å². The molecular formula is C15H19BrN2O2. The van der Waals surface area contributed by atoms with Gasteiger partial charge >= 0.3 is 6.03 Å². The second-order valence-electron chi connectivity index (χ2n) is 6.88. The number of carbonyl (C=O) groups is 1. The van der Waals surface area contributed by atoms with Gasteiger partial charge in [-0.3, -0.25) is 5.32 Å². The number of amides is 2. The van der Waals surface area contributed by atoms with Crippen LogP contribution in [0.2, 0.25) is 0 Å². The summed E-state index contributed by atoms with van der Waals surface area (Å²) in [5.41, 5.74) is 0.0443. The fraction of sp³-hybridized carbons (Fsp3) is 0.667. The van der Waals surface area contributed by atoms with E-state index in [9.17, 15) is 4.79 Å². The SMILES string of the molecule is O=C(Nc1ccc(Br)o1)NC12CC3CC(CC(C3)C1)C2. The van der Waals surface area contributed by atoms with Crippen LogP contribution in [0.15, 0.2) is 21.2 Å². The van der Waals surface area contributed by atoms with Crippen molar-refractivity contribution in [2.75, 3.05) is 5.32 Å². The highest BCUT2D eigenvalue weighted by Crippen LogP contribution is 2.55. The molecule has 1 aromatic rings. The van der Waals surface area contributed by atoms with Gasteiger partial charge in [0.1, 0.15) is 0 Å². The van der Waals surface area contributed by atoms with E-state index in [4.69, 9.17) is 4.42 Å². The molecule has 2 amide bonds. The summed E-state index contributed by atoms with van der Waals surface area (Å²) in [6, 6.07) is 3.40. The lowest BCUT2D eigenvalue weighted by atomic mass is 9.53. The molecule has 0 radical (unpaired) electrons. The van der Waals surface area contributed by atoms with Crippen LogP contribution in [0.5, 0.6) is 0 Å². The summed E-state index contributed by atoms with van der Waals surface area (Å²) < 4.78 is 5.95. The predicted octanol–water partition coefficient (Wildman–Crippen LogP) is 4.13. The van der Waals surface area contributed by atoms with Crippen LogP contribution in [-0.2, 0) is 0 Å². The maximum atomic E-state index is 12.2. The van der Waals surface area contributed by atoms with Crippen molar-refractivity contribution >= 4 is 27.8 Å². The van der Waals surface area contributed by atoms with Crippen LogP contribution in [0, 0.1) is 17.8 Å². The molecule has 4 saturated carbocycles. The molecule has 20 heavy (non-hydrogen) atoms. The van der Waals surface area contributed by atoms with Crippen molar-refractivity contribution in [1.82, 2.24) is 5.32 Å². The fourth-order valence-corrected chi connectivity index (χ4v) is 5.34. The molecule has 108 valence electrons. The zero-order chi connectivity index (χ0) is 13.7. The molecule has 2 N–H and O–H groups in total. The van der Waals surface area contributed by atoms with E-state index in [2.05, 4.69) is 26.6 Å². The number of nitrogens with one attached hydrogen (secondary N) is 2. The van der Waals surface area contributed by atoms with Crippen LogP contribution in [0.25, 0.3) is 0 Å². The summed E-state index contributed by atoms with van der Waals surface area (Å²) in [6.07, 6.45) is 7.63. The number of carbonyl (C=O) groups excluding carboxylic acids is 1. The van der Waals surface area contributed by atoms with Crippen molar-refractivity contribution in [2.24, 2.45) is 17.8 Å². The Balaban J connectivity index is 1.44. The van der Waals surface area contributed by atoms with Crippen LogP contribution < -0.4 is 10.6 Å². The van der Waals surface area contributed by atoms with E-state index >= 15 is 0 Å². The standard InChI is InChI=1S/C15H19BrN2O2/c16-12-1-2-13(20-12)17-14(19)18-15-6-9-3-10(7-15)5-11(4-9)8-15/h1-2,9-11H,3-8H2,(H2,17,18,19). The number of urea groups is 1. The van der Waals surface area contributed by atoms with Gasteiger partial charge in [-0.2, -0.15) is 0 Å². The fourth-order valence-electron chi connectivity index (χ4n) is 5.03. The highest BCUT2D eigenvalue weighted by molar-refractivity contribution is 9.10. The molecular weight excluding hydrogens is 320 g/mol. The molecule has 4 fully saturated rings. The van der Waals surface area contributed by atoms with Gasteiger partial charge in [-0.15, -0.1) is 0 Å². The van der Waals surface area contributed by atoms with Crippen molar-refractivity contribution in [3.63, 3.8) is 0 Å². The average Bonchev–Trinajstić information content (AvgIpc) is 2.71. The van der Waals surface area contributed by atoms with Gasteiger partial charge in [0.2, 0.25) is 5.88 Å². The van der Waals surface area contributed by atoms with E-state index in [1.165, 1.54) is 19.3 Å². The minimum Gasteiger partial charge on any atom is -0.434 e. The highest BCUT2D eigenvalue weighted by atomic mass is 79.9. The van der Waals surface area contributed by atoms with E-state index < -0.39 is 0 Å². The Kier molecular flexibility index (Phi) is 2.88. The maximum Gasteiger partial charge on any atom is 0.322 e. The van der Waals surface area contributed by atoms with Gasteiger partial charge in [-0.1, -0.05) is 0 Å². The number of anilines is 1. The largest absolute Gasteiger partial charge is 0.434 e. The first-order chi connectivity index (χ1) is 9.60. The molecule has 4 bridgehead atoms. The molecule has 4 aliphatic rings. The van der Waals surface area contributed by atoms with Crippen LogP contribution in [0.3, 0.4) is 0 Å². The van der Waals surface area contributed by atoms with E-state index in [-0.39, 0.29) is 11.6 Å². The second kappa shape index (κ2) is 4.52. The molecule has 1 aromatic heterocycles. The van der Waals surface area contributed by atoms with Gasteiger partial charge in [0.25, 0.3) is 0 Å². The maximum absolute atomic E-state index is 12.2. The third-order valence-corrected chi connectivity index (χ3v) is 5.65. The lowest BCUT2D eigenvalue weighted by molar-refractivity contribution is -0.0127. The molecule has 4 nitrogen and oxygen atoms in total. The van der Waals surface area contributed by atoms with Crippen LogP contribution >= 0.6 is 15.9 Å².